The standard InChI is InChI=1S/C25H42O12/c1-4-5-6-7-8-9-10-34-16-11-25(32)14(21(30)33-3)13-35-23(20(25)24(16,2)31)37-22-19(29)18(28)17(27)15(12-26)36-22/h13,15-20,22-23,26-29,31-32H,4-12H2,1-3H3. The van der Waals surface area contributed by atoms with E-state index in [2.05, 4.69) is 6.92 Å². The molecule has 2 aliphatic heterocycles. The van der Waals surface area contributed by atoms with Gasteiger partial charge in [0.25, 0.3) is 0 Å². The Morgan fingerprint density at radius 3 is 2.38 bits per heavy atom. The lowest BCUT2D eigenvalue weighted by atomic mass is 9.77. The van der Waals surface area contributed by atoms with Crippen molar-refractivity contribution in [2.75, 3.05) is 20.3 Å². The van der Waals surface area contributed by atoms with Gasteiger partial charge in [0.1, 0.15) is 41.2 Å². The van der Waals surface area contributed by atoms with Crippen LogP contribution in [-0.4, -0.2) is 111 Å². The SMILES string of the molecule is CCCCCCCCOC1CC2(O)C(C(=O)OC)=COC(OC3OC(CO)C(O)C(O)C3O)C2C1(C)O. The minimum absolute atomic E-state index is 0.153. The van der Waals surface area contributed by atoms with Crippen molar-refractivity contribution < 1.29 is 59.1 Å². The van der Waals surface area contributed by atoms with E-state index in [1.807, 2.05) is 0 Å². The zero-order valence-corrected chi connectivity index (χ0v) is 21.7. The van der Waals surface area contributed by atoms with Crippen LogP contribution in [0, 0.1) is 5.92 Å². The molecule has 3 aliphatic rings. The van der Waals surface area contributed by atoms with E-state index < -0.39 is 72.8 Å². The van der Waals surface area contributed by atoms with E-state index in [0.29, 0.717) is 6.61 Å². The average Bonchev–Trinajstić information content (AvgIpc) is 3.08. The zero-order chi connectivity index (χ0) is 27.4. The number of hydrogen-bond acceptors (Lipinski definition) is 12. The molecule has 10 atom stereocenters. The molecule has 12 heteroatoms. The number of aliphatic hydroxyl groups is 6. The van der Waals surface area contributed by atoms with E-state index >= 15 is 0 Å². The van der Waals surface area contributed by atoms with Crippen molar-refractivity contribution in [1.82, 2.24) is 0 Å². The number of esters is 1. The molecule has 0 bridgehead atoms. The fourth-order valence-electron chi connectivity index (χ4n) is 5.49. The first-order valence-electron chi connectivity index (χ1n) is 13.0. The van der Waals surface area contributed by atoms with Crippen LogP contribution in [0.25, 0.3) is 0 Å². The quantitative estimate of drug-likeness (QED) is 0.139. The molecular formula is C25H42O12. The molecule has 1 saturated heterocycles. The van der Waals surface area contributed by atoms with Crippen molar-refractivity contribution in [2.24, 2.45) is 5.92 Å². The Balaban J connectivity index is 1.79. The van der Waals surface area contributed by atoms with E-state index in [9.17, 15) is 35.4 Å². The Bertz CT molecular complexity index is 786. The van der Waals surface area contributed by atoms with Gasteiger partial charge in [-0.15, -0.1) is 0 Å². The van der Waals surface area contributed by atoms with Gasteiger partial charge in [-0.3, -0.25) is 0 Å². The second-order valence-electron chi connectivity index (χ2n) is 10.3. The molecule has 1 saturated carbocycles. The molecule has 0 radical (unpaired) electrons. The smallest absolute Gasteiger partial charge is 0.339 e. The lowest BCUT2D eigenvalue weighted by Crippen LogP contribution is -2.62. The second-order valence-corrected chi connectivity index (χ2v) is 10.3. The third kappa shape index (κ3) is 6.13. The molecule has 12 nitrogen and oxygen atoms in total. The van der Waals surface area contributed by atoms with Gasteiger partial charge in [-0.2, -0.15) is 0 Å². The van der Waals surface area contributed by atoms with Crippen LogP contribution < -0.4 is 0 Å². The first kappa shape index (κ1) is 30.2. The van der Waals surface area contributed by atoms with Gasteiger partial charge in [0, 0.05) is 13.0 Å². The summed E-state index contributed by atoms with van der Waals surface area (Å²) in [7, 11) is 1.15. The van der Waals surface area contributed by atoms with Gasteiger partial charge in [0.15, 0.2) is 6.29 Å². The normalized spacial score (nSPS) is 41.6. The highest BCUT2D eigenvalue weighted by Crippen LogP contribution is 2.53. The molecule has 214 valence electrons. The fraction of sp³-hybridized carbons (Fsp3) is 0.880. The maximum atomic E-state index is 12.5. The lowest BCUT2D eigenvalue weighted by Gasteiger charge is -2.46. The molecule has 1 aliphatic carbocycles. The molecule has 0 spiro atoms. The Labute approximate surface area is 216 Å². The summed E-state index contributed by atoms with van der Waals surface area (Å²) < 4.78 is 27.5. The van der Waals surface area contributed by atoms with Crippen molar-refractivity contribution in [1.29, 1.82) is 0 Å². The van der Waals surface area contributed by atoms with Crippen LogP contribution in [0.5, 0.6) is 0 Å². The van der Waals surface area contributed by atoms with Gasteiger partial charge in [-0.25, -0.2) is 4.79 Å². The number of rotatable bonds is 12. The highest BCUT2D eigenvalue weighted by atomic mass is 16.8. The summed E-state index contributed by atoms with van der Waals surface area (Å²) in [6, 6.07) is 0. The number of aliphatic hydroxyl groups excluding tert-OH is 4. The van der Waals surface area contributed by atoms with Crippen LogP contribution in [0.15, 0.2) is 11.8 Å². The van der Waals surface area contributed by atoms with Crippen LogP contribution in [0.3, 0.4) is 0 Å². The summed E-state index contributed by atoms with van der Waals surface area (Å²) in [5.74, 6) is -2.15. The summed E-state index contributed by atoms with van der Waals surface area (Å²) in [6.45, 7) is 3.26. The third-order valence-corrected chi connectivity index (χ3v) is 7.69. The number of methoxy groups -OCH3 is 1. The summed E-state index contributed by atoms with van der Waals surface area (Å²) in [5.41, 5.74) is -3.96. The molecular weight excluding hydrogens is 492 g/mol. The van der Waals surface area contributed by atoms with Crippen LogP contribution in [0.4, 0.5) is 0 Å². The van der Waals surface area contributed by atoms with Gasteiger partial charge in [0.05, 0.1) is 32.0 Å². The average molecular weight is 535 g/mol. The molecule has 2 heterocycles. The maximum Gasteiger partial charge on any atom is 0.339 e. The number of ether oxygens (including phenoxy) is 5. The van der Waals surface area contributed by atoms with Crippen molar-refractivity contribution >= 4 is 5.97 Å². The van der Waals surface area contributed by atoms with Crippen LogP contribution in [0.2, 0.25) is 0 Å². The Morgan fingerprint density at radius 2 is 1.73 bits per heavy atom. The summed E-state index contributed by atoms with van der Waals surface area (Å²) in [5, 5.41) is 63.3. The summed E-state index contributed by atoms with van der Waals surface area (Å²) in [4.78, 5) is 12.5. The predicted octanol–water partition coefficient (Wildman–Crippen LogP) is -0.536. The number of unbranched alkanes of at least 4 members (excludes halogenated alkanes) is 5. The van der Waals surface area contributed by atoms with E-state index in [-0.39, 0.29) is 12.0 Å². The minimum atomic E-state index is -1.97. The van der Waals surface area contributed by atoms with Crippen molar-refractivity contribution in [3.8, 4) is 0 Å². The van der Waals surface area contributed by atoms with Gasteiger partial charge < -0.3 is 54.3 Å². The first-order chi connectivity index (χ1) is 17.5. The Kier molecular flexibility index (Phi) is 10.3. The monoisotopic (exact) mass is 534 g/mol. The summed E-state index contributed by atoms with van der Waals surface area (Å²) >= 11 is 0. The second kappa shape index (κ2) is 12.7. The van der Waals surface area contributed by atoms with Gasteiger partial charge in [-0.05, 0) is 13.3 Å². The molecule has 0 aromatic rings. The Hall–Kier alpha value is -1.35. The highest BCUT2D eigenvalue weighted by Gasteiger charge is 2.68. The largest absolute Gasteiger partial charge is 0.471 e. The maximum absolute atomic E-state index is 12.5. The molecule has 0 aromatic heterocycles. The summed E-state index contributed by atoms with van der Waals surface area (Å²) in [6.07, 6.45) is -3.12. The lowest BCUT2D eigenvalue weighted by molar-refractivity contribution is -0.352. The van der Waals surface area contributed by atoms with E-state index in [4.69, 9.17) is 23.7 Å². The van der Waals surface area contributed by atoms with Gasteiger partial charge in [-0.1, -0.05) is 39.0 Å². The van der Waals surface area contributed by atoms with Crippen LogP contribution >= 0.6 is 0 Å². The third-order valence-electron chi connectivity index (χ3n) is 7.69. The number of carbonyl (C=O) groups is 1. The van der Waals surface area contributed by atoms with Crippen LogP contribution in [-0.2, 0) is 28.5 Å². The van der Waals surface area contributed by atoms with Crippen molar-refractivity contribution in [3.63, 3.8) is 0 Å². The van der Waals surface area contributed by atoms with Crippen LogP contribution in [0.1, 0.15) is 58.8 Å². The number of carbonyl (C=O) groups excluding carboxylic acids is 1. The number of hydrogen-bond donors (Lipinski definition) is 6. The molecule has 3 rings (SSSR count). The topological polar surface area (TPSA) is 185 Å². The van der Waals surface area contributed by atoms with E-state index in [0.717, 1.165) is 45.5 Å². The molecule has 2 fully saturated rings. The molecule has 6 N–H and O–H groups in total. The van der Waals surface area contributed by atoms with Crippen molar-refractivity contribution in [2.45, 2.75) is 113 Å². The first-order valence-corrected chi connectivity index (χ1v) is 13.0. The molecule has 0 amide bonds. The predicted molar refractivity (Wildman–Crippen MR) is 127 cm³/mol. The Morgan fingerprint density at radius 1 is 1.05 bits per heavy atom. The number of fused-ring (bicyclic) bond motifs is 1. The van der Waals surface area contributed by atoms with Crippen molar-refractivity contribution in [3.05, 3.63) is 11.8 Å². The van der Waals surface area contributed by atoms with E-state index in [1.54, 1.807) is 0 Å². The molecule has 37 heavy (non-hydrogen) atoms. The zero-order valence-electron chi connectivity index (χ0n) is 21.7. The van der Waals surface area contributed by atoms with E-state index in [1.165, 1.54) is 13.3 Å². The highest BCUT2D eigenvalue weighted by molar-refractivity contribution is 5.91. The van der Waals surface area contributed by atoms with Gasteiger partial charge in [0.2, 0.25) is 6.29 Å². The minimum Gasteiger partial charge on any atom is -0.471 e. The fourth-order valence-corrected chi connectivity index (χ4v) is 5.49. The van der Waals surface area contributed by atoms with Gasteiger partial charge >= 0.3 is 5.97 Å². The molecule has 10 unspecified atom stereocenters. The molecule has 0 aromatic carbocycles.